The average Bonchev–Trinajstić information content (AvgIpc) is 2.58. The van der Waals surface area contributed by atoms with Gasteiger partial charge in [0, 0.05) is 6.54 Å². The van der Waals surface area contributed by atoms with Crippen LogP contribution in [0.3, 0.4) is 0 Å². The summed E-state index contributed by atoms with van der Waals surface area (Å²) in [7, 11) is 0. The van der Waals surface area contributed by atoms with E-state index in [-0.39, 0.29) is 5.82 Å². The molecule has 1 aliphatic rings. The first-order valence-corrected chi connectivity index (χ1v) is 4.32. The first-order chi connectivity index (χ1) is 5.86. The van der Waals surface area contributed by atoms with Crippen molar-refractivity contribution in [1.82, 2.24) is 5.32 Å². The standard InChI is InChI=1S/C10H12FN/c11-10-3-1-8(2-4-10)9-5-6-12-7-9/h1-4,9,12H,5-7H2/t9-/m0/s1. The zero-order valence-corrected chi connectivity index (χ0v) is 6.89. The van der Waals surface area contributed by atoms with Crippen molar-refractivity contribution in [2.24, 2.45) is 0 Å². The molecule has 0 aromatic heterocycles. The highest BCUT2D eigenvalue weighted by Crippen LogP contribution is 2.21. The van der Waals surface area contributed by atoms with E-state index >= 15 is 0 Å². The molecule has 1 nitrogen and oxygen atoms in total. The Balaban J connectivity index is 2.17. The second kappa shape index (κ2) is 3.23. The lowest BCUT2D eigenvalue weighted by Crippen LogP contribution is -2.07. The molecule has 0 aliphatic carbocycles. The molecule has 1 fully saturated rings. The SMILES string of the molecule is Fc1ccc([C@H]2CCNC2)cc1. The van der Waals surface area contributed by atoms with Crippen LogP contribution in [-0.2, 0) is 0 Å². The Morgan fingerprint density at radius 3 is 2.58 bits per heavy atom. The summed E-state index contributed by atoms with van der Waals surface area (Å²) in [5.74, 6) is 0.440. The van der Waals surface area contributed by atoms with Gasteiger partial charge in [-0.25, -0.2) is 4.39 Å². The van der Waals surface area contributed by atoms with Crippen molar-refractivity contribution in [3.8, 4) is 0 Å². The van der Waals surface area contributed by atoms with Crippen LogP contribution in [0.25, 0.3) is 0 Å². The van der Waals surface area contributed by atoms with Crippen LogP contribution in [0, 0.1) is 5.82 Å². The Morgan fingerprint density at radius 1 is 1.25 bits per heavy atom. The van der Waals surface area contributed by atoms with Gasteiger partial charge >= 0.3 is 0 Å². The fourth-order valence-corrected chi connectivity index (χ4v) is 1.67. The van der Waals surface area contributed by atoms with Crippen LogP contribution >= 0.6 is 0 Å². The highest BCUT2D eigenvalue weighted by molar-refractivity contribution is 5.21. The minimum absolute atomic E-state index is 0.148. The first-order valence-electron chi connectivity index (χ1n) is 4.32. The van der Waals surface area contributed by atoms with Crippen LogP contribution in [-0.4, -0.2) is 13.1 Å². The molecule has 0 radical (unpaired) electrons. The molecule has 64 valence electrons. The van der Waals surface area contributed by atoms with E-state index in [1.807, 2.05) is 12.1 Å². The summed E-state index contributed by atoms with van der Waals surface area (Å²) in [5, 5.41) is 3.29. The zero-order valence-electron chi connectivity index (χ0n) is 6.89. The van der Waals surface area contributed by atoms with E-state index < -0.39 is 0 Å². The molecule has 2 heteroatoms. The zero-order chi connectivity index (χ0) is 8.39. The van der Waals surface area contributed by atoms with Gasteiger partial charge in [-0.3, -0.25) is 0 Å². The molecular weight excluding hydrogens is 153 g/mol. The third-order valence-electron chi connectivity index (χ3n) is 2.40. The van der Waals surface area contributed by atoms with Crippen molar-refractivity contribution in [3.05, 3.63) is 35.6 Å². The van der Waals surface area contributed by atoms with Gasteiger partial charge in [0.15, 0.2) is 0 Å². The molecule has 2 rings (SSSR count). The minimum Gasteiger partial charge on any atom is -0.316 e. The van der Waals surface area contributed by atoms with E-state index in [1.165, 1.54) is 24.1 Å². The number of hydrogen-bond donors (Lipinski definition) is 1. The highest BCUT2D eigenvalue weighted by Gasteiger charge is 2.15. The maximum atomic E-state index is 12.6. The summed E-state index contributed by atoms with van der Waals surface area (Å²) in [4.78, 5) is 0. The van der Waals surface area contributed by atoms with Crippen molar-refractivity contribution in [3.63, 3.8) is 0 Å². The molecule has 0 unspecified atom stereocenters. The molecular formula is C10H12FN. The van der Waals surface area contributed by atoms with E-state index in [9.17, 15) is 4.39 Å². The second-order valence-electron chi connectivity index (χ2n) is 3.24. The fraction of sp³-hybridized carbons (Fsp3) is 0.400. The molecule has 0 bridgehead atoms. The second-order valence-corrected chi connectivity index (χ2v) is 3.24. The third kappa shape index (κ3) is 1.48. The predicted octanol–water partition coefficient (Wildman–Crippen LogP) is 1.90. The molecule has 0 saturated carbocycles. The van der Waals surface area contributed by atoms with Crippen LogP contribution in [0.15, 0.2) is 24.3 Å². The summed E-state index contributed by atoms with van der Waals surface area (Å²) in [6.45, 7) is 2.12. The summed E-state index contributed by atoms with van der Waals surface area (Å²) < 4.78 is 12.6. The number of benzene rings is 1. The van der Waals surface area contributed by atoms with Gasteiger partial charge in [-0.1, -0.05) is 12.1 Å². The first kappa shape index (κ1) is 7.74. The van der Waals surface area contributed by atoms with Crippen molar-refractivity contribution in [2.75, 3.05) is 13.1 Å². The minimum atomic E-state index is -0.148. The van der Waals surface area contributed by atoms with Gasteiger partial charge in [0.05, 0.1) is 0 Å². The van der Waals surface area contributed by atoms with Gasteiger partial charge in [-0.15, -0.1) is 0 Å². The van der Waals surface area contributed by atoms with Gasteiger partial charge in [0.25, 0.3) is 0 Å². The lowest BCUT2D eigenvalue weighted by Gasteiger charge is -2.07. The molecule has 1 saturated heterocycles. The molecule has 12 heavy (non-hydrogen) atoms. The average molecular weight is 165 g/mol. The van der Waals surface area contributed by atoms with Gasteiger partial charge in [-0.2, -0.15) is 0 Å². The van der Waals surface area contributed by atoms with Crippen molar-refractivity contribution in [1.29, 1.82) is 0 Å². The molecule has 1 aliphatic heterocycles. The highest BCUT2D eigenvalue weighted by atomic mass is 19.1. The molecule has 1 aromatic carbocycles. The quantitative estimate of drug-likeness (QED) is 0.670. The number of hydrogen-bond acceptors (Lipinski definition) is 1. The van der Waals surface area contributed by atoms with Crippen molar-refractivity contribution < 1.29 is 4.39 Å². The third-order valence-corrected chi connectivity index (χ3v) is 2.40. The van der Waals surface area contributed by atoms with Crippen LogP contribution in [0.5, 0.6) is 0 Å². The largest absolute Gasteiger partial charge is 0.316 e. The van der Waals surface area contributed by atoms with Gasteiger partial charge < -0.3 is 5.32 Å². The molecule has 1 heterocycles. The Labute approximate surface area is 71.6 Å². The van der Waals surface area contributed by atoms with E-state index in [0.29, 0.717) is 5.92 Å². The van der Waals surface area contributed by atoms with Crippen LogP contribution in [0.1, 0.15) is 17.9 Å². The van der Waals surface area contributed by atoms with Gasteiger partial charge in [0.2, 0.25) is 0 Å². The number of halogens is 1. The number of rotatable bonds is 1. The van der Waals surface area contributed by atoms with E-state index in [0.717, 1.165) is 13.1 Å². The topological polar surface area (TPSA) is 12.0 Å². The Morgan fingerprint density at radius 2 is 2.00 bits per heavy atom. The monoisotopic (exact) mass is 165 g/mol. The summed E-state index contributed by atoms with van der Waals surface area (Å²) in [5.41, 5.74) is 1.25. The lowest BCUT2D eigenvalue weighted by atomic mass is 9.99. The van der Waals surface area contributed by atoms with Crippen LogP contribution in [0.2, 0.25) is 0 Å². The van der Waals surface area contributed by atoms with Crippen molar-refractivity contribution in [2.45, 2.75) is 12.3 Å². The molecule has 1 atom stereocenters. The van der Waals surface area contributed by atoms with E-state index in [4.69, 9.17) is 0 Å². The maximum absolute atomic E-state index is 12.6. The van der Waals surface area contributed by atoms with Gasteiger partial charge in [-0.05, 0) is 36.6 Å². The van der Waals surface area contributed by atoms with Crippen LogP contribution in [0.4, 0.5) is 4.39 Å². The van der Waals surface area contributed by atoms with E-state index in [1.54, 1.807) is 0 Å². The Hall–Kier alpha value is -0.890. The fourth-order valence-electron chi connectivity index (χ4n) is 1.67. The summed E-state index contributed by atoms with van der Waals surface area (Å²) in [6, 6.07) is 6.83. The predicted molar refractivity (Wildman–Crippen MR) is 46.6 cm³/mol. The Bertz CT molecular complexity index is 249. The smallest absolute Gasteiger partial charge is 0.123 e. The van der Waals surface area contributed by atoms with Gasteiger partial charge in [0.1, 0.15) is 5.82 Å². The van der Waals surface area contributed by atoms with E-state index in [2.05, 4.69) is 5.32 Å². The lowest BCUT2D eigenvalue weighted by molar-refractivity contribution is 0.625. The number of nitrogens with one attached hydrogen (secondary N) is 1. The summed E-state index contributed by atoms with van der Waals surface area (Å²) in [6.07, 6.45) is 1.17. The molecule has 1 aromatic rings. The molecule has 1 N–H and O–H groups in total. The maximum Gasteiger partial charge on any atom is 0.123 e. The molecule has 0 amide bonds. The van der Waals surface area contributed by atoms with Crippen LogP contribution < -0.4 is 5.32 Å². The Kier molecular flexibility index (Phi) is 2.09. The van der Waals surface area contributed by atoms with Crippen molar-refractivity contribution >= 4 is 0 Å². The normalized spacial score (nSPS) is 22.9. The summed E-state index contributed by atoms with van der Waals surface area (Å²) >= 11 is 0. The molecule has 0 spiro atoms.